The van der Waals surface area contributed by atoms with E-state index in [1.807, 2.05) is 56.3 Å². The van der Waals surface area contributed by atoms with E-state index in [-0.39, 0.29) is 5.91 Å². The molecule has 0 unspecified atom stereocenters. The van der Waals surface area contributed by atoms with E-state index in [2.05, 4.69) is 26.6 Å². The number of primary amides is 1. The van der Waals surface area contributed by atoms with Crippen molar-refractivity contribution < 1.29 is 4.79 Å². The summed E-state index contributed by atoms with van der Waals surface area (Å²) in [6.07, 6.45) is 0.817. The summed E-state index contributed by atoms with van der Waals surface area (Å²) >= 11 is 9.57. The Bertz CT molecular complexity index is 961. The molecule has 0 aliphatic heterocycles. The first-order chi connectivity index (χ1) is 12.4. The summed E-state index contributed by atoms with van der Waals surface area (Å²) in [6, 6.07) is 16.0. The van der Waals surface area contributed by atoms with E-state index >= 15 is 0 Å². The Morgan fingerprint density at radius 1 is 1.15 bits per heavy atom. The quantitative estimate of drug-likeness (QED) is 0.567. The van der Waals surface area contributed by atoms with Crippen LogP contribution in [0.1, 0.15) is 27.2 Å². The second kappa shape index (κ2) is 7.68. The Kier molecular flexibility index (Phi) is 5.54. The molecule has 1 amide bonds. The third kappa shape index (κ3) is 3.71. The molecule has 0 bridgehead atoms. The number of carbonyl (C=O) groups is 1. The van der Waals surface area contributed by atoms with Gasteiger partial charge in [0.05, 0.1) is 11.3 Å². The van der Waals surface area contributed by atoms with Crippen molar-refractivity contribution >= 4 is 33.4 Å². The molecule has 0 radical (unpaired) electrons. The minimum atomic E-state index is -0.389. The molecule has 2 aromatic carbocycles. The zero-order chi connectivity index (χ0) is 18.8. The maximum absolute atomic E-state index is 12.0. The van der Waals surface area contributed by atoms with E-state index in [9.17, 15) is 4.79 Å². The summed E-state index contributed by atoms with van der Waals surface area (Å²) < 4.78 is 3.20. The van der Waals surface area contributed by atoms with Gasteiger partial charge in [0.1, 0.15) is 0 Å². The molecule has 5 heteroatoms. The molecule has 0 atom stereocenters. The van der Waals surface area contributed by atoms with Gasteiger partial charge in [-0.15, -0.1) is 0 Å². The number of aromatic nitrogens is 1. The van der Waals surface area contributed by atoms with Crippen LogP contribution >= 0.6 is 27.5 Å². The van der Waals surface area contributed by atoms with E-state index in [4.69, 9.17) is 17.3 Å². The van der Waals surface area contributed by atoms with Crippen molar-refractivity contribution in [2.24, 2.45) is 5.73 Å². The van der Waals surface area contributed by atoms with Crippen molar-refractivity contribution in [1.29, 1.82) is 0 Å². The summed E-state index contributed by atoms with van der Waals surface area (Å²) in [5.74, 6) is -0.389. The van der Waals surface area contributed by atoms with E-state index in [1.54, 1.807) is 0 Å². The molecular weight excluding hydrogens is 412 g/mol. The molecule has 1 heterocycles. The number of carbonyl (C=O) groups excluding carboxylic acids is 1. The van der Waals surface area contributed by atoms with Gasteiger partial charge in [0.15, 0.2) is 0 Å². The van der Waals surface area contributed by atoms with E-state index in [1.165, 1.54) is 0 Å². The van der Waals surface area contributed by atoms with E-state index in [0.717, 1.165) is 50.5 Å². The first kappa shape index (κ1) is 18.7. The number of halogens is 2. The van der Waals surface area contributed by atoms with E-state index < -0.39 is 0 Å². The van der Waals surface area contributed by atoms with Gasteiger partial charge >= 0.3 is 0 Å². The van der Waals surface area contributed by atoms with Gasteiger partial charge in [0.25, 0.3) is 5.91 Å². The minimum Gasteiger partial charge on any atom is -0.366 e. The third-order valence-corrected chi connectivity index (χ3v) is 5.41. The summed E-state index contributed by atoms with van der Waals surface area (Å²) in [5, 5.41) is 0.730. The minimum absolute atomic E-state index is 0.389. The second-order valence-corrected chi connectivity index (χ2v) is 7.69. The number of hydrogen-bond acceptors (Lipinski definition) is 1. The second-order valence-electron chi connectivity index (χ2n) is 6.34. The standard InChI is InChI=1S/C21H20BrClN2O/c1-13-19(21(24)26)14(2)25(11-10-15-4-3-5-18(23)12-15)20(13)16-6-8-17(22)9-7-16/h3-9,12H,10-11H2,1-2H3,(H2,24,26). The van der Waals surface area contributed by atoms with Gasteiger partial charge in [-0.1, -0.05) is 51.8 Å². The first-order valence-corrected chi connectivity index (χ1v) is 9.55. The Morgan fingerprint density at radius 3 is 2.46 bits per heavy atom. The van der Waals surface area contributed by atoms with Gasteiger partial charge in [-0.2, -0.15) is 0 Å². The van der Waals surface area contributed by atoms with Crippen LogP contribution in [-0.4, -0.2) is 10.5 Å². The monoisotopic (exact) mass is 430 g/mol. The zero-order valence-electron chi connectivity index (χ0n) is 14.7. The lowest BCUT2D eigenvalue weighted by molar-refractivity contribution is 0.0999. The molecule has 0 spiro atoms. The fraction of sp³-hybridized carbons (Fsp3) is 0.190. The lowest BCUT2D eigenvalue weighted by Crippen LogP contribution is -2.13. The largest absolute Gasteiger partial charge is 0.366 e. The predicted molar refractivity (Wildman–Crippen MR) is 111 cm³/mol. The Hall–Kier alpha value is -2.04. The van der Waals surface area contributed by atoms with Crippen LogP contribution in [0.2, 0.25) is 5.02 Å². The van der Waals surface area contributed by atoms with Crippen LogP contribution in [0.3, 0.4) is 0 Å². The maximum Gasteiger partial charge on any atom is 0.250 e. The molecule has 3 rings (SSSR count). The summed E-state index contributed by atoms with van der Waals surface area (Å²) in [5.41, 5.74) is 11.3. The van der Waals surface area contributed by atoms with Crippen LogP contribution in [0.4, 0.5) is 0 Å². The highest BCUT2D eigenvalue weighted by Gasteiger charge is 2.21. The fourth-order valence-electron chi connectivity index (χ4n) is 3.45. The molecule has 0 aliphatic carbocycles. The molecular formula is C21H20BrClN2O. The van der Waals surface area contributed by atoms with Crippen molar-refractivity contribution in [3.8, 4) is 11.3 Å². The van der Waals surface area contributed by atoms with Gasteiger partial charge in [0.2, 0.25) is 0 Å². The van der Waals surface area contributed by atoms with Crippen molar-refractivity contribution in [3.63, 3.8) is 0 Å². The van der Waals surface area contributed by atoms with E-state index in [0.29, 0.717) is 5.56 Å². The van der Waals surface area contributed by atoms with Gasteiger partial charge in [-0.25, -0.2) is 0 Å². The normalized spacial score (nSPS) is 10.9. The fourth-order valence-corrected chi connectivity index (χ4v) is 3.93. The Morgan fingerprint density at radius 2 is 1.85 bits per heavy atom. The summed E-state index contributed by atoms with van der Waals surface area (Å²) in [4.78, 5) is 12.0. The van der Waals surface area contributed by atoms with Crippen molar-refractivity contribution in [3.05, 3.63) is 80.4 Å². The number of hydrogen-bond donors (Lipinski definition) is 1. The third-order valence-electron chi connectivity index (χ3n) is 4.64. The Balaban J connectivity index is 2.06. The number of aryl methyl sites for hydroxylation is 1. The number of rotatable bonds is 5. The molecule has 3 aromatic rings. The van der Waals surface area contributed by atoms with Crippen LogP contribution in [0.15, 0.2) is 53.0 Å². The number of amides is 1. The van der Waals surface area contributed by atoms with Crippen molar-refractivity contribution in [2.45, 2.75) is 26.8 Å². The molecule has 134 valence electrons. The van der Waals surface area contributed by atoms with Crippen LogP contribution in [0.5, 0.6) is 0 Å². The summed E-state index contributed by atoms with van der Waals surface area (Å²) in [7, 11) is 0. The molecule has 1 aromatic heterocycles. The average molecular weight is 432 g/mol. The zero-order valence-corrected chi connectivity index (χ0v) is 17.1. The first-order valence-electron chi connectivity index (χ1n) is 8.38. The molecule has 0 fully saturated rings. The van der Waals surface area contributed by atoms with Gasteiger partial charge < -0.3 is 10.3 Å². The van der Waals surface area contributed by atoms with Crippen LogP contribution in [0.25, 0.3) is 11.3 Å². The highest BCUT2D eigenvalue weighted by atomic mass is 79.9. The Labute approximate surface area is 166 Å². The number of benzene rings is 2. The van der Waals surface area contributed by atoms with Crippen molar-refractivity contribution in [1.82, 2.24) is 4.57 Å². The number of nitrogens with zero attached hydrogens (tertiary/aromatic N) is 1. The lowest BCUT2D eigenvalue weighted by Gasteiger charge is -2.13. The summed E-state index contributed by atoms with van der Waals surface area (Å²) in [6.45, 7) is 4.65. The lowest BCUT2D eigenvalue weighted by atomic mass is 10.0. The average Bonchev–Trinajstić information content (AvgIpc) is 2.84. The van der Waals surface area contributed by atoms with Crippen molar-refractivity contribution in [2.75, 3.05) is 0 Å². The molecule has 0 saturated carbocycles. The van der Waals surface area contributed by atoms with Gasteiger partial charge in [-0.3, -0.25) is 4.79 Å². The smallest absolute Gasteiger partial charge is 0.250 e. The van der Waals surface area contributed by atoms with Crippen LogP contribution in [0, 0.1) is 13.8 Å². The highest BCUT2D eigenvalue weighted by Crippen LogP contribution is 2.32. The molecule has 2 N–H and O–H groups in total. The van der Waals surface area contributed by atoms with Crippen LogP contribution < -0.4 is 5.73 Å². The maximum atomic E-state index is 12.0. The van der Waals surface area contributed by atoms with Gasteiger partial charge in [0, 0.05) is 21.7 Å². The molecule has 0 aliphatic rings. The molecule has 26 heavy (non-hydrogen) atoms. The molecule has 0 saturated heterocycles. The highest BCUT2D eigenvalue weighted by molar-refractivity contribution is 9.10. The molecule has 3 nitrogen and oxygen atoms in total. The number of nitrogens with two attached hydrogens (primary N) is 1. The van der Waals surface area contributed by atoms with Crippen LogP contribution in [-0.2, 0) is 13.0 Å². The predicted octanol–water partition coefficient (Wildman–Crippen LogP) is 5.53. The topological polar surface area (TPSA) is 48.0 Å². The van der Waals surface area contributed by atoms with Gasteiger partial charge in [-0.05, 0) is 61.2 Å². The SMILES string of the molecule is Cc1c(C(N)=O)c(C)n(CCc2cccc(Cl)c2)c1-c1ccc(Br)cc1.